The summed E-state index contributed by atoms with van der Waals surface area (Å²) in [5.74, 6) is 1.20. The molecule has 0 aliphatic rings. The smallest absolute Gasteiger partial charge is 0.321 e. The molecule has 0 unspecified atom stereocenters. The number of methoxy groups -OCH3 is 1. The number of oxazole rings is 1. The lowest BCUT2D eigenvalue weighted by Gasteiger charge is -2.06. The van der Waals surface area contributed by atoms with E-state index in [1.807, 2.05) is 12.1 Å². The zero-order chi connectivity index (χ0) is 21.1. The lowest BCUT2D eigenvalue weighted by molar-refractivity contribution is -0.905. The van der Waals surface area contributed by atoms with Crippen LogP contribution in [0.25, 0.3) is 22.6 Å². The van der Waals surface area contributed by atoms with Gasteiger partial charge in [-0.15, -0.1) is 0 Å². The van der Waals surface area contributed by atoms with Gasteiger partial charge in [0.1, 0.15) is 29.2 Å². The van der Waals surface area contributed by atoms with Gasteiger partial charge in [-0.3, -0.25) is 15.0 Å². The van der Waals surface area contributed by atoms with E-state index in [-0.39, 0.29) is 5.69 Å². The first-order valence-corrected chi connectivity index (χ1v) is 9.07. The molecule has 0 fully saturated rings. The number of fused-ring (bicyclic) bond motifs is 1. The minimum Gasteiger partial charge on any atom is -0.495 e. The lowest BCUT2D eigenvalue weighted by atomic mass is 10.2. The molecule has 3 aromatic heterocycles. The van der Waals surface area contributed by atoms with E-state index in [4.69, 9.17) is 13.9 Å². The quantitative estimate of drug-likeness (QED) is 0.373. The molecule has 0 spiro atoms. The van der Waals surface area contributed by atoms with Gasteiger partial charge in [0, 0.05) is 23.9 Å². The molecule has 0 aliphatic carbocycles. The van der Waals surface area contributed by atoms with Crippen molar-refractivity contribution in [2.45, 2.75) is 6.61 Å². The molecule has 0 saturated heterocycles. The van der Waals surface area contributed by atoms with Crippen molar-refractivity contribution in [3.63, 3.8) is 0 Å². The van der Waals surface area contributed by atoms with Crippen LogP contribution in [0.4, 0.5) is 0 Å². The molecular formula is C21H19N4O5+. The molecular weight excluding hydrogens is 388 g/mol. The average Bonchev–Trinajstić information content (AvgIpc) is 3.21. The van der Waals surface area contributed by atoms with E-state index in [0.717, 1.165) is 10.4 Å². The van der Waals surface area contributed by atoms with E-state index in [9.17, 15) is 10.0 Å². The molecule has 3 heterocycles. The number of ether oxygens (including phenoxy) is 2. The van der Waals surface area contributed by atoms with Crippen molar-refractivity contribution >= 4 is 17.0 Å². The standard InChI is InChI=1S/C21H18N4O5/c1-22-20(26)18-7-3-13(11-25(18)27)21-24-17-9-15(6-8-19(17)30-21)29-12-14-4-5-16(28-2)10-23-14/h3-11H,12H2,1-2H3,(H-,22,26,27)/p+1. The summed E-state index contributed by atoms with van der Waals surface area (Å²) in [6.07, 6.45) is 3.00. The normalized spacial score (nSPS) is 10.7. The molecule has 0 radical (unpaired) electrons. The number of hydrogen-bond acceptors (Lipinski definition) is 7. The Morgan fingerprint density at radius 1 is 1.20 bits per heavy atom. The number of aromatic nitrogens is 3. The minimum absolute atomic E-state index is 0.0974. The van der Waals surface area contributed by atoms with Gasteiger partial charge < -0.3 is 19.2 Å². The summed E-state index contributed by atoms with van der Waals surface area (Å²) in [6.45, 7) is 0.297. The van der Waals surface area contributed by atoms with Crippen LogP contribution in [0.1, 0.15) is 16.2 Å². The SMILES string of the molecule is CNC(=O)c1ccc(-c2nc3cc(OCc4ccc(OC)cn4)ccc3o2)c[n+]1O. The van der Waals surface area contributed by atoms with Gasteiger partial charge in [0.15, 0.2) is 5.58 Å². The van der Waals surface area contributed by atoms with Crippen LogP contribution in [0.2, 0.25) is 0 Å². The van der Waals surface area contributed by atoms with Gasteiger partial charge in [-0.25, -0.2) is 4.98 Å². The van der Waals surface area contributed by atoms with Crippen LogP contribution in [-0.4, -0.2) is 35.2 Å². The molecule has 2 N–H and O–H groups in total. The summed E-state index contributed by atoms with van der Waals surface area (Å²) >= 11 is 0. The molecule has 1 aromatic carbocycles. The monoisotopic (exact) mass is 407 g/mol. The molecule has 30 heavy (non-hydrogen) atoms. The number of hydrogen-bond donors (Lipinski definition) is 2. The fourth-order valence-corrected chi connectivity index (χ4v) is 2.82. The van der Waals surface area contributed by atoms with Crippen LogP contribution in [0, 0.1) is 0 Å². The lowest BCUT2D eigenvalue weighted by Crippen LogP contribution is -2.40. The zero-order valence-corrected chi connectivity index (χ0v) is 16.3. The maximum atomic E-state index is 11.7. The van der Waals surface area contributed by atoms with Gasteiger partial charge in [-0.05, 0) is 30.3 Å². The molecule has 0 saturated carbocycles. The topological polar surface area (TPSA) is 111 Å². The Kier molecular flexibility index (Phi) is 5.17. The van der Waals surface area contributed by atoms with Crippen molar-refractivity contribution in [3.05, 3.63) is 66.2 Å². The predicted octanol–water partition coefficient (Wildman–Crippen LogP) is 2.36. The molecule has 0 aliphatic heterocycles. The van der Waals surface area contributed by atoms with Gasteiger partial charge in [0.25, 0.3) is 0 Å². The van der Waals surface area contributed by atoms with Crippen LogP contribution in [-0.2, 0) is 6.61 Å². The van der Waals surface area contributed by atoms with Crippen molar-refractivity contribution in [3.8, 4) is 23.0 Å². The summed E-state index contributed by atoms with van der Waals surface area (Å²) in [5, 5.41) is 12.5. The highest BCUT2D eigenvalue weighted by Gasteiger charge is 2.21. The predicted molar refractivity (Wildman–Crippen MR) is 105 cm³/mol. The van der Waals surface area contributed by atoms with Gasteiger partial charge in [-0.2, -0.15) is 0 Å². The van der Waals surface area contributed by atoms with E-state index >= 15 is 0 Å². The van der Waals surface area contributed by atoms with E-state index in [1.165, 1.54) is 19.3 Å². The Morgan fingerprint density at radius 2 is 2.03 bits per heavy atom. The molecule has 9 nitrogen and oxygen atoms in total. The highest BCUT2D eigenvalue weighted by molar-refractivity contribution is 5.90. The number of carbonyl (C=O) groups is 1. The third-order valence-electron chi connectivity index (χ3n) is 4.41. The number of pyridine rings is 2. The van der Waals surface area contributed by atoms with Crippen molar-refractivity contribution in [1.82, 2.24) is 15.3 Å². The second-order valence-electron chi connectivity index (χ2n) is 6.35. The van der Waals surface area contributed by atoms with Crippen molar-refractivity contribution < 1.29 is 28.6 Å². The molecule has 9 heteroatoms. The highest BCUT2D eigenvalue weighted by atomic mass is 16.5. The number of nitrogens with zero attached hydrogens (tertiary/aromatic N) is 3. The van der Waals surface area contributed by atoms with Gasteiger partial charge in [0.2, 0.25) is 12.1 Å². The van der Waals surface area contributed by atoms with E-state index < -0.39 is 5.91 Å². The summed E-state index contributed by atoms with van der Waals surface area (Å²) in [7, 11) is 3.08. The zero-order valence-electron chi connectivity index (χ0n) is 16.3. The maximum Gasteiger partial charge on any atom is 0.321 e. The Balaban J connectivity index is 1.53. The highest BCUT2D eigenvalue weighted by Crippen LogP contribution is 2.27. The van der Waals surface area contributed by atoms with Crippen LogP contribution < -0.4 is 19.5 Å². The maximum absolute atomic E-state index is 11.7. The summed E-state index contributed by atoms with van der Waals surface area (Å²) in [4.78, 5) is 20.4. The second kappa shape index (κ2) is 8.08. The second-order valence-corrected chi connectivity index (χ2v) is 6.35. The van der Waals surface area contributed by atoms with Crippen LogP contribution in [0.15, 0.2) is 59.3 Å². The number of rotatable bonds is 6. The molecule has 4 rings (SSSR count). The molecule has 0 atom stereocenters. The van der Waals surface area contributed by atoms with Crippen LogP contribution >= 0.6 is 0 Å². The molecule has 0 bridgehead atoms. The largest absolute Gasteiger partial charge is 0.495 e. The minimum atomic E-state index is -0.408. The summed E-state index contributed by atoms with van der Waals surface area (Å²) < 4.78 is 17.4. The average molecular weight is 407 g/mol. The molecule has 152 valence electrons. The molecule has 4 aromatic rings. The summed E-state index contributed by atoms with van der Waals surface area (Å²) in [5.41, 5.74) is 2.55. The van der Waals surface area contributed by atoms with Crippen LogP contribution in [0.3, 0.4) is 0 Å². The first-order chi connectivity index (χ1) is 14.6. The van der Waals surface area contributed by atoms with E-state index in [1.54, 1.807) is 37.6 Å². The van der Waals surface area contributed by atoms with Crippen molar-refractivity contribution in [1.29, 1.82) is 0 Å². The Labute approximate surface area is 171 Å². The number of nitrogens with one attached hydrogen (secondary N) is 1. The van der Waals surface area contributed by atoms with Crippen molar-refractivity contribution in [2.24, 2.45) is 0 Å². The Hall–Kier alpha value is -4.14. The number of amides is 1. The van der Waals surface area contributed by atoms with E-state index in [2.05, 4.69) is 15.3 Å². The fourth-order valence-electron chi connectivity index (χ4n) is 2.82. The third-order valence-corrected chi connectivity index (χ3v) is 4.41. The Morgan fingerprint density at radius 3 is 2.73 bits per heavy atom. The van der Waals surface area contributed by atoms with Gasteiger partial charge >= 0.3 is 11.6 Å². The number of benzene rings is 1. The fraction of sp³-hybridized carbons (Fsp3) is 0.143. The Bertz CT molecular complexity index is 1200. The van der Waals surface area contributed by atoms with Gasteiger partial charge in [-0.1, -0.05) is 0 Å². The van der Waals surface area contributed by atoms with E-state index in [0.29, 0.717) is 40.7 Å². The summed E-state index contributed by atoms with van der Waals surface area (Å²) in [6, 6.07) is 12.1. The molecule has 1 amide bonds. The first-order valence-electron chi connectivity index (χ1n) is 9.07. The first kappa shape index (κ1) is 19.2. The van der Waals surface area contributed by atoms with Gasteiger partial charge in [0.05, 0.1) is 19.0 Å². The third kappa shape index (κ3) is 3.86. The number of carbonyl (C=O) groups excluding carboxylic acids is 1. The van der Waals surface area contributed by atoms with Crippen LogP contribution in [0.5, 0.6) is 11.5 Å². The van der Waals surface area contributed by atoms with Crippen molar-refractivity contribution in [2.75, 3.05) is 14.2 Å².